The quantitative estimate of drug-likeness (QED) is 0.533. The van der Waals surface area contributed by atoms with Crippen LogP contribution in [0.2, 0.25) is 0 Å². The first-order chi connectivity index (χ1) is 5.39. The number of hydrogen-bond acceptors (Lipinski definition) is 0. The summed E-state index contributed by atoms with van der Waals surface area (Å²) in [5.41, 5.74) is 0. The van der Waals surface area contributed by atoms with Crippen LogP contribution in [0.1, 0.15) is 57.8 Å². The van der Waals surface area contributed by atoms with Gasteiger partial charge in [-0.2, -0.15) is 0 Å². The predicted octanol–water partition coefficient (Wildman–Crippen LogP) is 4.27. The van der Waals surface area contributed by atoms with E-state index in [1.165, 1.54) is 57.8 Å². The van der Waals surface area contributed by atoms with Gasteiger partial charge in [0.1, 0.15) is 0 Å². The summed E-state index contributed by atoms with van der Waals surface area (Å²) in [6.45, 7) is 0. The molecule has 0 nitrogen and oxygen atoms in total. The fourth-order valence-corrected chi connectivity index (χ4v) is 2.41. The normalized spacial score (nSPS) is 24.8. The zero-order chi connectivity index (χ0) is 7.94. The lowest BCUT2D eigenvalue weighted by Gasteiger charge is -2.11. The molecule has 0 atom stereocenters. The molecule has 1 rings (SSSR count). The molecule has 1 saturated carbocycles. The Kier molecular flexibility index (Phi) is 5.26. The van der Waals surface area contributed by atoms with E-state index in [0.29, 0.717) is 0 Å². The highest BCUT2D eigenvalue weighted by atomic mass is 79.9. The summed E-state index contributed by atoms with van der Waals surface area (Å²) in [6.07, 6.45) is 13.0. The second kappa shape index (κ2) is 6.05. The lowest BCUT2D eigenvalue weighted by atomic mass is 10.0. The van der Waals surface area contributed by atoms with Gasteiger partial charge in [-0.25, -0.2) is 0 Å². The van der Waals surface area contributed by atoms with Gasteiger partial charge in [-0.15, -0.1) is 0 Å². The number of hydrogen-bond donors (Lipinski definition) is 0. The van der Waals surface area contributed by atoms with Gasteiger partial charge in [0.05, 0.1) is 0 Å². The first-order valence-corrected chi connectivity index (χ1v) is 5.95. The van der Waals surface area contributed by atoms with Crippen molar-refractivity contribution in [1.82, 2.24) is 0 Å². The Morgan fingerprint density at radius 1 is 0.636 bits per heavy atom. The maximum atomic E-state index is 3.73. The molecule has 1 fully saturated rings. The smallest absolute Gasteiger partial charge is 0.0145 e. The van der Waals surface area contributed by atoms with Crippen LogP contribution in [0.25, 0.3) is 0 Å². The van der Waals surface area contributed by atoms with Crippen LogP contribution in [0.3, 0.4) is 0 Å². The molecule has 1 heteroatoms. The zero-order valence-electron chi connectivity index (χ0n) is 7.32. The van der Waals surface area contributed by atoms with E-state index in [4.69, 9.17) is 0 Å². The minimum atomic E-state index is 0.820. The van der Waals surface area contributed by atoms with Gasteiger partial charge in [0.25, 0.3) is 0 Å². The molecule has 1 aliphatic carbocycles. The lowest BCUT2D eigenvalue weighted by molar-refractivity contribution is 0.514. The summed E-state index contributed by atoms with van der Waals surface area (Å²) in [4.78, 5) is 0.820. The van der Waals surface area contributed by atoms with Crippen LogP contribution in [-0.2, 0) is 0 Å². The Hall–Kier alpha value is 0.480. The minimum absolute atomic E-state index is 0.820. The molecule has 11 heavy (non-hydrogen) atoms. The summed E-state index contributed by atoms with van der Waals surface area (Å²) in [7, 11) is 0. The van der Waals surface area contributed by atoms with Crippen LogP contribution in [-0.4, -0.2) is 4.83 Å². The van der Waals surface area contributed by atoms with E-state index in [0.717, 1.165) is 4.83 Å². The molecule has 0 saturated heterocycles. The maximum absolute atomic E-state index is 3.73. The topological polar surface area (TPSA) is 0 Å². The Bertz CT molecular complexity index is 80.9. The number of rotatable bonds is 0. The summed E-state index contributed by atoms with van der Waals surface area (Å²) in [5, 5.41) is 0. The second-order valence-corrected chi connectivity index (χ2v) is 4.94. The SMILES string of the molecule is BrC1CCCCCCCCC1. The maximum Gasteiger partial charge on any atom is 0.0145 e. The molecule has 0 aromatic heterocycles. The van der Waals surface area contributed by atoms with Crippen molar-refractivity contribution in [3.8, 4) is 0 Å². The third kappa shape index (κ3) is 4.84. The fourth-order valence-electron chi connectivity index (χ4n) is 1.76. The average molecular weight is 219 g/mol. The Morgan fingerprint density at radius 2 is 1.00 bits per heavy atom. The van der Waals surface area contributed by atoms with Gasteiger partial charge in [-0.1, -0.05) is 60.9 Å². The zero-order valence-corrected chi connectivity index (χ0v) is 8.91. The fraction of sp³-hybridized carbons (Fsp3) is 1.00. The molecule has 0 aromatic rings. The van der Waals surface area contributed by atoms with Crippen molar-refractivity contribution in [3.63, 3.8) is 0 Å². The Labute approximate surface area is 78.9 Å². The third-order valence-corrected chi connectivity index (χ3v) is 3.45. The number of alkyl halides is 1. The lowest BCUT2D eigenvalue weighted by Crippen LogP contribution is -1.99. The molecule has 0 heterocycles. The first kappa shape index (κ1) is 9.57. The highest BCUT2D eigenvalue weighted by molar-refractivity contribution is 9.09. The molecule has 0 radical (unpaired) electrons. The molecule has 0 N–H and O–H groups in total. The summed E-state index contributed by atoms with van der Waals surface area (Å²) < 4.78 is 0. The number of halogens is 1. The molecular formula is C10H19Br. The van der Waals surface area contributed by atoms with E-state index < -0.39 is 0 Å². The van der Waals surface area contributed by atoms with E-state index in [1.54, 1.807) is 0 Å². The van der Waals surface area contributed by atoms with E-state index in [2.05, 4.69) is 15.9 Å². The van der Waals surface area contributed by atoms with Crippen molar-refractivity contribution < 1.29 is 0 Å². The van der Waals surface area contributed by atoms with Gasteiger partial charge in [0.2, 0.25) is 0 Å². The summed E-state index contributed by atoms with van der Waals surface area (Å²) in [6, 6.07) is 0. The van der Waals surface area contributed by atoms with Crippen molar-refractivity contribution in [2.75, 3.05) is 0 Å². The van der Waals surface area contributed by atoms with E-state index in [-0.39, 0.29) is 0 Å². The van der Waals surface area contributed by atoms with Gasteiger partial charge in [-0.3, -0.25) is 0 Å². The Morgan fingerprint density at radius 3 is 1.45 bits per heavy atom. The third-order valence-electron chi connectivity index (χ3n) is 2.53. The molecule has 0 bridgehead atoms. The van der Waals surface area contributed by atoms with Gasteiger partial charge in [0.15, 0.2) is 0 Å². The van der Waals surface area contributed by atoms with Gasteiger partial charge < -0.3 is 0 Å². The minimum Gasteiger partial charge on any atom is -0.0891 e. The molecule has 0 spiro atoms. The average Bonchev–Trinajstić information content (AvgIpc) is 2.03. The van der Waals surface area contributed by atoms with Crippen LogP contribution in [0.15, 0.2) is 0 Å². The monoisotopic (exact) mass is 218 g/mol. The van der Waals surface area contributed by atoms with Crippen LogP contribution in [0.5, 0.6) is 0 Å². The van der Waals surface area contributed by atoms with Crippen molar-refractivity contribution >= 4 is 15.9 Å². The van der Waals surface area contributed by atoms with E-state index in [9.17, 15) is 0 Å². The van der Waals surface area contributed by atoms with Crippen molar-refractivity contribution in [2.24, 2.45) is 0 Å². The molecule has 0 aliphatic heterocycles. The molecule has 66 valence electrons. The van der Waals surface area contributed by atoms with Crippen molar-refractivity contribution in [1.29, 1.82) is 0 Å². The largest absolute Gasteiger partial charge is 0.0891 e. The van der Waals surface area contributed by atoms with Crippen molar-refractivity contribution in [3.05, 3.63) is 0 Å². The van der Waals surface area contributed by atoms with Crippen LogP contribution >= 0.6 is 15.9 Å². The van der Waals surface area contributed by atoms with E-state index in [1.807, 2.05) is 0 Å². The van der Waals surface area contributed by atoms with E-state index >= 15 is 0 Å². The van der Waals surface area contributed by atoms with Crippen LogP contribution < -0.4 is 0 Å². The molecule has 0 unspecified atom stereocenters. The van der Waals surface area contributed by atoms with Gasteiger partial charge in [0, 0.05) is 4.83 Å². The predicted molar refractivity (Wildman–Crippen MR) is 54.3 cm³/mol. The second-order valence-electron chi connectivity index (χ2n) is 3.65. The summed E-state index contributed by atoms with van der Waals surface area (Å²) >= 11 is 3.73. The molecule has 1 aliphatic rings. The van der Waals surface area contributed by atoms with Gasteiger partial charge in [-0.05, 0) is 12.8 Å². The molecular weight excluding hydrogens is 200 g/mol. The van der Waals surface area contributed by atoms with Crippen molar-refractivity contribution in [2.45, 2.75) is 62.6 Å². The first-order valence-electron chi connectivity index (χ1n) is 5.03. The summed E-state index contributed by atoms with van der Waals surface area (Å²) in [5.74, 6) is 0. The molecule has 0 aromatic carbocycles. The van der Waals surface area contributed by atoms with Gasteiger partial charge >= 0.3 is 0 Å². The molecule has 0 amide bonds. The van der Waals surface area contributed by atoms with Crippen LogP contribution in [0, 0.1) is 0 Å². The van der Waals surface area contributed by atoms with Crippen LogP contribution in [0.4, 0.5) is 0 Å². The highest BCUT2D eigenvalue weighted by Crippen LogP contribution is 2.21. The Balaban J connectivity index is 2.12. The standard InChI is InChI=1S/C10H19Br/c11-10-8-6-4-2-1-3-5-7-9-10/h10H,1-9H2. The highest BCUT2D eigenvalue weighted by Gasteiger charge is 2.05.